The van der Waals surface area contributed by atoms with Crippen LogP contribution < -0.4 is 19.7 Å². The van der Waals surface area contributed by atoms with Crippen molar-refractivity contribution in [3.05, 3.63) is 25.3 Å². The van der Waals surface area contributed by atoms with E-state index in [9.17, 15) is 9.59 Å². The monoisotopic (exact) mass is 886 g/mol. The highest BCUT2D eigenvalue weighted by Crippen LogP contribution is 2.50. The van der Waals surface area contributed by atoms with Crippen molar-refractivity contribution in [1.82, 2.24) is 30.4 Å². The fraction of sp³-hybridized carbons (Fsp3) is 0.804. The lowest BCUT2D eigenvalue weighted by Crippen LogP contribution is -2.66. The molecule has 63 heavy (non-hydrogen) atoms. The maximum absolute atomic E-state index is 12.3. The molecule has 1 aromatic rings. The van der Waals surface area contributed by atoms with Crippen molar-refractivity contribution in [2.45, 2.75) is 204 Å². The van der Waals surface area contributed by atoms with Crippen LogP contribution in [0.5, 0.6) is 12.0 Å². The van der Waals surface area contributed by atoms with E-state index in [0.29, 0.717) is 44.8 Å². The molecule has 1 N–H and O–H groups in total. The van der Waals surface area contributed by atoms with E-state index in [0.717, 1.165) is 44.4 Å². The molecule has 0 saturated carbocycles. The molecule has 0 aromatic carbocycles. The Bertz CT molecular complexity index is 1700. The van der Waals surface area contributed by atoms with Crippen molar-refractivity contribution >= 4 is 17.9 Å². The molecule has 6 heterocycles. The number of piperidine rings is 3. The Hall–Kier alpha value is -3.45. The summed E-state index contributed by atoms with van der Waals surface area (Å²) in [6, 6.07) is 0.367. The Kier molecular flexibility index (Phi) is 13.8. The zero-order chi connectivity index (χ0) is 46.4. The van der Waals surface area contributed by atoms with Gasteiger partial charge in [-0.2, -0.15) is 9.97 Å². The van der Waals surface area contributed by atoms with Crippen LogP contribution >= 0.6 is 0 Å². The number of aromatic nitrogens is 3. The summed E-state index contributed by atoms with van der Waals surface area (Å²) in [7, 11) is 0. The van der Waals surface area contributed by atoms with Crippen molar-refractivity contribution in [2.75, 3.05) is 37.9 Å². The largest absolute Gasteiger partial charge is 0.460 e. The number of carbonyl (C=O) groups excluding carboxylic acids is 2. The third-order valence-electron chi connectivity index (χ3n) is 12.5. The minimum absolute atomic E-state index is 0.116. The number of ether oxygens (including phenoxy) is 6. The zero-order valence-electron chi connectivity index (χ0n) is 40.3. The van der Waals surface area contributed by atoms with Crippen LogP contribution in [0.25, 0.3) is 0 Å². The van der Waals surface area contributed by atoms with Crippen LogP contribution in [-0.2, 0) is 38.2 Å². The Labute approximate surface area is 374 Å². The highest BCUT2D eigenvalue weighted by Gasteiger charge is 2.60. The van der Waals surface area contributed by atoms with E-state index in [1.165, 1.54) is 0 Å². The van der Waals surface area contributed by atoms with E-state index in [-0.39, 0.29) is 42.4 Å². The topological polar surface area (TPSA) is 168 Å². The van der Waals surface area contributed by atoms with Crippen molar-refractivity contribution in [3.63, 3.8) is 0 Å². The van der Waals surface area contributed by atoms with Crippen LogP contribution in [-0.4, -0.2) is 133 Å². The van der Waals surface area contributed by atoms with Gasteiger partial charge < -0.3 is 48.3 Å². The molecule has 2 unspecified atom stereocenters. The highest BCUT2D eigenvalue weighted by molar-refractivity contribution is 5.81. The summed E-state index contributed by atoms with van der Waals surface area (Å²) in [6.07, 6.45) is 7.02. The van der Waals surface area contributed by atoms with Gasteiger partial charge in [-0.1, -0.05) is 26.5 Å². The third kappa shape index (κ3) is 11.3. The molecule has 0 radical (unpaired) electrons. The van der Waals surface area contributed by atoms with Gasteiger partial charge in [0.1, 0.15) is 25.4 Å². The fourth-order valence-electron chi connectivity index (χ4n) is 11.4. The van der Waals surface area contributed by atoms with E-state index in [1.807, 2.05) is 55.4 Å². The summed E-state index contributed by atoms with van der Waals surface area (Å²) in [5.74, 6) is -2.38. The molecule has 5 aliphatic rings. The lowest BCUT2D eigenvalue weighted by molar-refractivity contribution is -0.322. The van der Waals surface area contributed by atoms with Crippen LogP contribution in [0, 0.1) is 0 Å². The second-order valence-electron chi connectivity index (χ2n) is 22.0. The summed E-state index contributed by atoms with van der Waals surface area (Å²) in [6.45, 7) is 35.9. The normalized spacial score (nSPS) is 27.7. The molecule has 0 bridgehead atoms. The van der Waals surface area contributed by atoms with Gasteiger partial charge in [0.05, 0.1) is 35.4 Å². The van der Waals surface area contributed by atoms with Gasteiger partial charge in [0.25, 0.3) is 0 Å². The number of anilines is 1. The smallest absolute Gasteiger partial charge is 0.349 e. The first-order chi connectivity index (χ1) is 29.1. The van der Waals surface area contributed by atoms with Crippen LogP contribution in [0.1, 0.15) is 141 Å². The van der Waals surface area contributed by atoms with Gasteiger partial charge in [-0.15, -0.1) is 15.1 Å². The van der Waals surface area contributed by atoms with E-state index in [4.69, 9.17) is 48.1 Å². The van der Waals surface area contributed by atoms with E-state index in [2.05, 4.69) is 63.0 Å². The highest BCUT2D eigenvalue weighted by atomic mass is 16.8. The standard InChI is InChI=1S/C46H75N7O10/c1-16-19-20-51(31-21-39(4,5)50-40(6,7)22-31)36-47-37(56-23-32-25-58-45(60-32)27-41(8,9)52(42(10,11)28-45)62-34(54)17-2)49-38(48-36)57-24-33-26-59-46(61-33)29-43(12,13)53(44(14,15)30-46)63-35(55)18-3/h17-18,31-33,50H,2-3,16,19-30H2,1,4-15H3. The van der Waals surface area contributed by atoms with Gasteiger partial charge in [-0.05, 0) is 102 Å². The number of hydrogen-bond donors (Lipinski definition) is 1. The molecule has 0 aliphatic carbocycles. The Balaban J connectivity index is 1.21. The van der Waals surface area contributed by atoms with Crippen LogP contribution in [0.3, 0.4) is 0 Å². The Morgan fingerprint density at radius 1 is 0.698 bits per heavy atom. The van der Waals surface area contributed by atoms with Crippen LogP contribution in [0.2, 0.25) is 0 Å². The van der Waals surface area contributed by atoms with Crippen LogP contribution in [0.15, 0.2) is 25.3 Å². The number of nitrogens with zero attached hydrogens (tertiary/aromatic N) is 6. The summed E-state index contributed by atoms with van der Waals surface area (Å²) < 4.78 is 39.0. The predicted octanol–water partition coefficient (Wildman–Crippen LogP) is 6.36. The zero-order valence-corrected chi connectivity index (χ0v) is 40.3. The molecular weight excluding hydrogens is 811 g/mol. The second kappa shape index (κ2) is 17.7. The van der Waals surface area contributed by atoms with Crippen molar-refractivity contribution in [1.29, 1.82) is 0 Å². The molecule has 5 fully saturated rings. The first-order valence-electron chi connectivity index (χ1n) is 22.7. The molecule has 2 spiro atoms. The average Bonchev–Trinajstić information content (AvgIpc) is 3.72. The maximum atomic E-state index is 12.3. The molecule has 0 amide bonds. The molecule has 6 rings (SSSR count). The molecule has 5 aliphatic heterocycles. The molecule has 1 aromatic heterocycles. The first-order valence-corrected chi connectivity index (χ1v) is 22.7. The number of nitrogens with one attached hydrogen (secondary N) is 1. The van der Waals surface area contributed by atoms with Gasteiger partial charge in [0, 0.05) is 61.5 Å². The van der Waals surface area contributed by atoms with Gasteiger partial charge in [0.2, 0.25) is 5.95 Å². The lowest BCUT2D eigenvalue weighted by atomic mass is 9.78. The molecule has 354 valence electrons. The van der Waals surface area contributed by atoms with Crippen molar-refractivity contribution in [3.8, 4) is 12.0 Å². The Morgan fingerprint density at radius 2 is 1.10 bits per heavy atom. The first kappa shape index (κ1) is 49.0. The van der Waals surface area contributed by atoms with Gasteiger partial charge >= 0.3 is 24.0 Å². The minimum Gasteiger partial charge on any atom is -0.460 e. The maximum Gasteiger partial charge on any atom is 0.349 e. The molecular formula is C46H75N7O10. The molecule has 17 heteroatoms. The molecule has 17 nitrogen and oxygen atoms in total. The summed E-state index contributed by atoms with van der Waals surface area (Å²) >= 11 is 0. The minimum atomic E-state index is -0.917. The fourth-order valence-corrected chi connectivity index (χ4v) is 11.4. The molecule has 5 saturated heterocycles. The Morgan fingerprint density at radius 3 is 1.46 bits per heavy atom. The van der Waals surface area contributed by atoms with Gasteiger partial charge in [-0.3, -0.25) is 0 Å². The molecule has 2 atom stereocenters. The van der Waals surface area contributed by atoms with E-state index < -0.39 is 57.9 Å². The van der Waals surface area contributed by atoms with Gasteiger partial charge in [0.15, 0.2) is 11.6 Å². The summed E-state index contributed by atoms with van der Waals surface area (Å²) in [5, 5.41) is 7.26. The quantitative estimate of drug-likeness (QED) is 0.193. The SMILES string of the molecule is C=CC(=O)ON1C(C)(C)CC2(CC1(C)C)OCC(COc1nc(OCC3COC4(CC(C)(C)N(OC(=O)C=C)C(C)(C)C4)O3)nc(N(CCCC)C3CC(C)(C)NC(C)(C)C3)n1)O2. The van der Waals surface area contributed by atoms with Crippen molar-refractivity contribution < 1.29 is 47.7 Å². The third-order valence-corrected chi connectivity index (χ3v) is 12.5. The van der Waals surface area contributed by atoms with Crippen LogP contribution in [0.4, 0.5) is 5.95 Å². The number of carbonyl (C=O) groups is 2. The van der Waals surface area contributed by atoms with E-state index in [1.54, 1.807) is 10.1 Å². The second-order valence-corrected chi connectivity index (χ2v) is 22.0. The number of unbranched alkanes of at least 4 members (excludes halogenated alkanes) is 1. The van der Waals surface area contributed by atoms with Gasteiger partial charge in [-0.25, -0.2) is 9.59 Å². The van der Waals surface area contributed by atoms with Crippen molar-refractivity contribution in [2.24, 2.45) is 0 Å². The van der Waals surface area contributed by atoms with E-state index >= 15 is 0 Å². The summed E-state index contributed by atoms with van der Waals surface area (Å²) in [4.78, 5) is 52.8. The number of hydrogen-bond acceptors (Lipinski definition) is 17. The average molecular weight is 886 g/mol. The predicted molar refractivity (Wildman–Crippen MR) is 236 cm³/mol. The summed E-state index contributed by atoms with van der Waals surface area (Å²) in [5.41, 5.74) is -2.67. The number of rotatable bonds is 15. The number of hydroxylamine groups is 4. The lowest BCUT2D eigenvalue weighted by Gasteiger charge is -2.55.